The number of alkyl halides is 2. The molecule has 1 saturated carbocycles. The lowest BCUT2D eigenvalue weighted by atomic mass is 9.88. The number of hydrogen-bond donors (Lipinski definition) is 1. The minimum Gasteiger partial charge on any atom is -0.350 e. The van der Waals surface area contributed by atoms with Gasteiger partial charge in [-0.15, -0.1) is 5.10 Å². The first-order valence-corrected chi connectivity index (χ1v) is 8.27. The number of hydrogen-bond acceptors (Lipinski definition) is 5. The Kier molecular flexibility index (Phi) is 3.03. The molecule has 1 fully saturated rings. The van der Waals surface area contributed by atoms with Crippen LogP contribution in [0.15, 0.2) is 37.1 Å². The Hall–Kier alpha value is -3.10. The van der Waals surface area contributed by atoms with Gasteiger partial charge in [-0.2, -0.15) is 0 Å². The monoisotopic (exact) mass is 355 g/mol. The van der Waals surface area contributed by atoms with Crippen molar-refractivity contribution in [1.82, 2.24) is 29.0 Å². The third kappa shape index (κ3) is 2.39. The summed E-state index contributed by atoms with van der Waals surface area (Å²) in [6, 6.07) is 1.65. The lowest BCUT2D eigenvalue weighted by Crippen LogP contribution is -2.44. The molecular weight excluding hydrogens is 340 g/mol. The number of nitrogens with zero attached hydrogens (tertiary/aromatic N) is 6. The highest BCUT2D eigenvalue weighted by atomic mass is 19.3. The van der Waals surface area contributed by atoms with Gasteiger partial charge in [0.2, 0.25) is 11.7 Å². The van der Waals surface area contributed by atoms with Crippen LogP contribution in [0.25, 0.3) is 22.4 Å². The second-order valence-electron chi connectivity index (χ2n) is 6.66. The predicted octanol–water partition coefficient (Wildman–Crippen LogP) is 2.96. The first-order chi connectivity index (χ1) is 12.5. The molecule has 0 amide bonds. The van der Waals surface area contributed by atoms with Gasteiger partial charge in [0.15, 0.2) is 0 Å². The maximum atomic E-state index is 13.0. The normalized spacial score (nSPS) is 16.9. The van der Waals surface area contributed by atoms with E-state index in [1.165, 1.54) is 0 Å². The number of aromatic nitrogens is 6. The summed E-state index contributed by atoms with van der Waals surface area (Å²) in [7, 11) is 0. The Labute approximate surface area is 146 Å². The molecule has 0 spiro atoms. The highest BCUT2D eigenvalue weighted by Crippen LogP contribution is 2.38. The molecule has 0 bridgehead atoms. The van der Waals surface area contributed by atoms with Gasteiger partial charge in [-0.25, -0.2) is 28.2 Å². The van der Waals surface area contributed by atoms with Crippen molar-refractivity contribution < 1.29 is 8.78 Å². The summed E-state index contributed by atoms with van der Waals surface area (Å²) in [5.74, 6) is -1.58. The van der Waals surface area contributed by atoms with Crippen LogP contribution < -0.4 is 5.32 Å². The second kappa shape index (κ2) is 5.20. The molecule has 1 aliphatic carbocycles. The minimum absolute atomic E-state index is 0.179. The summed E-state index contributed by atoms with van der Waals surface area (Å²) in [5.41, 5.74) is 3.67. The van der Waals surface area contributed by atoms with Gasteiger partial charge in [0.05, 0.1) is 17.9 Å². The summed E-state index contributed by atoms with van der Waals surface area (Å²) in [6.07, 6.45) is 8.66. The van der Waals surface area contributed by atoms with E-state index in [4.69, 9.17) is 0 Å². The van der Waals surface area contributed by atoms with Crippen LogP contribution in [0.2, 0.25) is 0 Å². The van der Waals surface area contributed by atoms with Crippen molar-refractivity contribution in [2.45, 2.75) is 31.7 Å². The lowest BCUT2D eigenvalue weighted by molar-refractivity contribution is -0.0794. The number of fused-ring (bicyclic) bond motifs is 2. The van der Waals surface area contributed by atoms with Gasteiger partial charge >= 0.3 is 0 Å². The molecule has 1 N–H and O–H groups in total. The predicted molar refractivity (Wildman–Crippen MR) is 91.3 cm³/mol. The van der Waals surface area contributed by atoms with Crippen molar-refractivity contribution in [3.8, 4) is 11.1 Å². The maximum absolute atomic E-state index is 13.0. The van der Waals surface area contributed by atoms with E-state index in [1.807, 2.05) is 29.8 Å². The first kappa shape index (κ1) is 15.2. The Balaban J connectivity index is 1.48. The van der Waals surface area contributed by atoms with Crippen LogP contribution in [0.1, 0.15) is 18.5 Å². The third-order valence-corrected chi connectivity index (χ3v) is 4.70. The van der Waals surface area contributed by atoms with E-state index in [9.17, 15) is 8.78 Å². The summed E-state index contributed by atoms with van der Waals surface area (Å²) in [4.78, 5) is 12.9. The quantitative estimate of drug-likeness (QED) is 0.612. The van der Waals surface area contributed by atoms with Crippen molar-refractivity contribution >= 4 is 17.2 Å². The average Bonchev–Trinajstić information content (AvgIpc) is 3.16. The molecule has 0 radical (unpaired) electrons. The van der Waals surface area contributed by atoms with Crippen molar-refractivity contribution in [2.75, 3.05) is 5.32 Å². The van der Waals surface area contributed by atoms with Crippen molar-refractivity contribution in [1.29, 1.82) is 0 Å². The highest BCUT2D eigenvalue weighted by Gasteiger charge is 2.45. The fourth-order valence-corrected chi connectivity index (χ4v) is 3.28. The molecule has 7 nitrogen and oxygen atoms in total. The SMILES string of the molecule is Cc1cnc2ncc(-c3ccn4nc(NC5CC(F)(F)C5)ncc34)cn12. The first-order valence-electron chi connectivity index (χ1n) is 8.27. The van der Waals surface area contributed by atoms with Gasteiger partial charge in [0, 0.05) is 54.3 Å². The second-order valence-corrected chi connectivity index (χ2v) is 6.66. The van der Waals surface area contributed by atoms with Gasteiger partial charge in [-0.05, 0) is 13.0 Å². The molecule has 132 valence electrons. The number of rotatable bonds is 3. The lowest BCUT2D eigenvalue weighted by Gasteiger charge is -2.35. The Morgan fingerprint density at radius 2 is 1.96 bits per heavy atom. The summed E-state index contributed by atoms with van der Waals surface area (Å²) in [6.45, 7) is 1.97. The smallest absolute Gasteiger partial charge is 0.252 e. The van der Waals surface area contributed by atoms with Gasteiger partial charge < -0.3 is 5.32 Å². The molecule has 9 heteroatoms. The van der Waals surface area contributed by atoms with E-state index in [-0.39, 0.29) is 18.9 Å². The van der Waals surface area contributed by atoms with Gasteiger partial charge in [0.25, 0.3) is 5.92 Å². The van der Waals surface area contributed by atoms with Crippen LogP contribution in [0.5, 0.6) is 0 Å². The molecule has 0 unspecified atom stereocenters. The number of imidazole rings is 1. The van der Waals surface area contributed by atoms with E-state index < -0.39 is 5.92 Å². The van der Waals surface area contributed by atoms with E-state index in [2.05, 4.69) is 25.4 Å². The molecule has 4 aromatic rings. The highest BCUT2D eigenvalue weighted by molar-refractivity contribution is 5.79. The number of halogens is 2. The Bertz CT molecular complexity index is 1120. The van der Waals surface area contributed by atoms with Crippen molar-refractivity contribution in [3.63, 3.8) is 0 Å². The van der Waals surface area contributed by atoms with E-state index in [1.54, 1.807) is 23.1 Å². The van der Waals surface area contributed by atoms with Crippen LogP contribution in [0, 0.1) is 6.92 Å². The molecule has 5 rings (SSSR count). The summed E-state index contributed by atoms with van der Waals surface area (Å²) >= 11 is 0. The van der Waals surface area contributed by atoms with E-state index in [0.29, 0.717) is 11.7 Å². The molecular formula is C17H15F2N7. The van der Waals surface area contributed by atoms with Crippen molar-refractivity contribution in [2.24, 2.45) is 0 Å². The molecule has 4 heterocycles. The zero-order valence-electron chi connectivity index (χ0n) is 13.9. The topological polar surface area (TPSA) is 72.4 Å². The van der Waals surface area contributed by atoms with Gasteiger partial charge in [-0.3, -0.25) is 4.40 Å². The molecule has 1 aliphatic rings. The van der Waals surface area contributed by atoms with Gasteiger partial charge in [-0.1, -0.05) is 0 Å². The van der Waals surface area contributed by atoms with E-state index >= 15 is 0 Å². The summed E-state index contributed by atoms with van der Waals surface area (Å²) < 4.78 is 29.5. The van der Waals surface area contributed by atoms with Crippen LogP contribution in [-0.2, 0) is 0 Å². The zero-order chi connectivity index (χ0) is 17.9. The number of anilines is 1. The molecule has 26 heavy (non-hydrogen) atoms. The average molecular weight is 355 g/mol. The molecule has 4 aromatic heterocycles. The Morgan fingerprint density at radius 3 is 2.77 bits per heavy atom. The molecule has 0 aromatic carbocycles. The van der Waals surface area contributed by atoms with Gasteiger partial charge in [0.1, 0.15) is 0 Å². The molecule has 0 aliphatic heterocycles. The summed E-state index contributed by atoms with van der Waals surface area (Å²) in [5, 5.41) is 7.33. The minimum atomic E-state index is -2.57. The van der Waals surface area contributed by atoms with E-state index in [0.717, 1.165) is 22.3 Å². The van der Waals surface area contributed by atoms with Crippen LogP contribution in [0.4, 0.5) is 14.7 Å². The van der Waals surface area contributed by atoms with Crippen LogP contribution >= 0.6 is 0 Å². The fraction of sp³-hybridized carbons (Fsp3) is 0.294. The largest absolute Gasteiger partial charge is 0.350 e. The zero-order valence-corrected chi connectivity index (χ0v) is 13.9. The number of aryl methyl sites for hydroxylation is 1. The van der Waals surface area contributed by atoms with Crippen molar-refractivity contribution in [3.05, 3.63) is 42.7 Å². The Morgan fingerprint density at radius 1 is 1.15 bits per heavy atom. The fourth-order valence-electron chi connectivity index (χ4n) is 3.28. The standard InChI is InChI=1S/C17H15F2N7/c1-10-6-21-16-22-7-11(9-25(10)16)13-2-3-26-14(13)8-20-15(24-26)23-12-4-17(18,19)5-12/h2-3,6-9,12H,4-5H2,1H3,(H,23,24). The molecule has 0 atom stereocenters. The van der Waals surface area contributed by atoms with Crippen LogP contribution in [0.3, 0.4) is 0 Å². The van der Waals surface area contributed by atoms with Crippen LogP contribution in [-0.4, -0.2) is 40.9 Å². The number of nitrogens with one attached hydrogen (secondary N) is 1. The molecule has 0 saturated heterocycles. The maximum Gasteiger partial charge on any atom is 0.252 e. The third-order valence-electron chi connectivity index (χ3n) is 4.70.